The van der Waals surface area contributed by atoms with Gasteiger partial charge in [0.15, 0.2) is 11.5 Å². The Kier molecular flexibility index (Phi) is 3.29. The Hall–Kier alpha value is -2.43. The molecule has 1 unspecified atom stereocenters. The number of hydrogen-bond acceptors (Lipinski definition) is 4. The SMILES string of the molecule is Cc1cc(C)cc(C(C)Nc2ccc3nnc(C4CC4)n3n2)c1. The fourth-order valence-electron chi connectivity index (χ4n) is 3.04. The summed E-state index contributed by atoms with van der Waals surface area (Å²) in [4.78, 5) is 0. The van der Waals surface area contributed by atoms with Gasteiger partial charge < -0.3 is 5.32 Å². The molecule has 1 aromatic carbocycles. The highest BCUT2D eigenvalue weighted by Crippen LogP contribution is 2.38. The molecule has 1 aliphatic rings. The summed E-state index contributed by atoms with van der Waals surface area (Å²) in [6.45, 7) is 6.42. The molecule has 1 saturated carbocycles. The number of hydrogen-bond donors (Lipinski definition) is 1. The molecule has 0 saturated heterocycles. The molecule has 3 aromatic rings. The highest BCUT2D eigenvalue weighted by Gasteiger charge is 2.29. The van der Waals surface area contributed by atoms with E-state index in [1.807, 2.05) is 16.6 Å². The molecule has 0 spiro atoms. The van der Waals surface area contributed by atoms with Gasteiger partial charge in [-0.15, -0.1) is 15.3 Å². The zero-order valence-corrected chi connectivity index (χ0v) is 13.7. The maximum Gasteiger partial charge on any atom is 0.178 e. The lowest BCUT2D eigenvalue weighted by Gasteiger charge is -2.16. The minimum absolute atomic E-state index is 0.194. The van der Waals surface area contributed by atoms with E-state index in [0.717, 1.165) is 17.3 Å². The molecule has 1 N–H and O–H groups in total. The Bertz CT molecular complexity index is 843. The minimum atomic E-state index is 0.194. The van der Waals surface area contributed by atoms with Crippen LogP contribution in [0.5, 0.6) is 0 Å². The van der Waals surface area contributed by atoms with Gasteiger partial charge in [-0.05, 0) is 51.3 Å². The lowest BCUT2D eigenvalue weighted by Crippen LogP contribution is -2.10. The zero-order valence-electron chi connectivity index (χ0n) is 13.7. The monoisotopic (exact) mass is 307 g/mol. The number of fused-ring (bicyclic) bond motifs is 1. The number of rotatable bonds is 4. The van der Waals surface area contributed by atoms with Crippen molar-refractivity contribution in [1.82, 2.24) is 19.8 Å². The second-order valence-electron chi connectivity index (χ2n) is 6.61. The lowest BCUT2D eigenvalue weighted by molar-refractivity contribution is 0.797. The fraction of sp³-hybridized carbons (Fsp3) is 0.389. The smallest absolute Gasteiger partial charge is 0.178 e. The number of nitrogens with one attached hydrogen (secondary N) is 1. The van der Waals surface area contributed by atoms with E-state index < -0.39 is 0 Å². The van der Waals surface area contributed by atoms with Crippen molar-refractivity contribution >= 4 is 11.5 Å². The van der Waals surface area contributed by atoms with E-state index in [4.69, 9.17) is 0 Å². The summed E-state index contributed by atoms with van der Waals surface area (Å²) < 4.78 is 1.88. The van der Waals surface area contributed by atoms with Gasteiger partial charge in [0.2, 0.25) is 0 Å². The van der Waals surface area contributed by atoms with Crippen LogP contribution < -0.4 is 5.32 Å². The van der Waals surface area contributed by atoms with E-state index in [9.17, 15) is 0 Å². The third kappa shape index (κ3) is 2.79. The molecule has 0 radical (unpaired) electrons. The first-order valence-corrected chi connectivity index (χ1v) is 8.17. The van der Waals surface area contributed by atoms with Crippen LogP contribution >= 0.6 is 0 Å². The number of anilines is 1. The third-order valence-corrected chi connectivity index (χ3v) is 4.34. The summed E-state index contributed by atoms with van der Waals surface area (Å²) in [7, 11) is 0. The van der Waals surface area contributed by atoms with Crippen LogP contribution in [0.1, 0.15) is 54.2 Å². The first-order valence-electron chi connectivity index (χ1n) is 8.17. The number of aromatic nitrogens is 4. The zero-order chi connectivity index (χ0) is 16.0. The maximum atomic E-state index is 4.69. The molecule has 0 amide bonds. The average Bonchev–Trinajstić information content (AvgIpc) is 3.26. The van der Waals surface area contributed by atoms with E-state index in [1.165, 1.54) is 29.5 Å². The van der Waals surface area contributed by atoms with Crippen LogP contribution in [0.2, 0.25) is 0 Å². The number of benzene rings is 1. The summed E-state index contributed by atoms with van der Waals surface area (Å²) in [5.74, 6) is 2.37. The van der Waals surface area contributed by atoms with Crippen molar-refractivity contribution in [1.29, 1.82) is 0 Å². The number of aryl methyl sites for hydroxylation is 2. The molecular weight excluding hydrogens is 286 g/mol. The van der Waals surface area contributed by atoms with Gasteiger partial charge >= 0.3 is 0 Å². The Morgan fingerprint density at radius 3 is 2.52 bits per heavy atom. The molecule has 5 heteroatoms. The standard InChI is InChI=1S/C18H21N5/c1-11-8-12(2)10-15(9-11)13(3)19-16-6-7-17-20-21-18(14-4-5-14)23(17)22-16/h6-10,13-14H,4-5H2,1-3H3,(H,19,22). The molecule has 0 aliphatic heterocycles. The quantitative estimate of drug-likeness (QED) is 0.796. The molecule has 1 atom stereocenters. The van der Waals surface area contributed by atoms with Gasteiger partial charge in [-0.1, -0.05) is 29.3 Å². The molecule has 1 fully saturated rings. The van der Waals surface area contributed by atoms with Crippen molar-refractivity contribution in [2.24, 2.45) is 0 Å². The van der Waals surface area contributed by atoms with Gasteiger partial charge in [0.05, 0.1) is 6.04 Å². The predicted molar refractivity (Wildman–Crippen MR) is 90.7 cm³/mol. The highest BCUT2D eigenvalue weighted by molar-refractivity contribution is 5.46. The predicted octanol–water partition coefficient (Wildman–Crippen LogP) is 3.79. The molecule has 2 aromatic heterocycles. The molecular formula is C18H21N5. The molecule has 118 valence electrons. The largest absolute Gasteiger partial charge is 0.362 e. The molecule has 2 heterocycles. The molecule has 0 bridgehead atoms. The normalized spacial score (nSPS) is 15.8. The summed E-state index contributed by atoms with van der Waals surface area (Å²) in [6.07, 6.45) is 2.39. The van der Waals surface area contributed by atoms with E-state index in [2.05, 4.69) is 59.6 Å². The van der Waals surface area contributed by atoms with E-state index in [0.29, 0.717) is 5.92 Å². The van der Waals surface area contributed by atoms with Crippen molar-refractivity contribution in [3.05, 3.63) is 52.8 Å². The van der Waals surface area contributed by atoms with E-state index in [-0.39, 0.29) is 6.04 Å². The third-order valence-electron chi connectivity index (χ3n) is 4.34. The summed E-state index contributed by atoms with van der Waals surface area (Å²) in [6, 6.07) is 10.8. The van der Waals surface area contributed by atoms with Crippen LogP contribution in [0.15, 0.2) is 30.3 Å². The highest BCUT2D eigenvalue weighted by atomic mass is 15.4. The van der Waals surface area contributed by atoms with Crippen LogP contribution in [0.4, 0.5) is 5.82 Å². The topological polar surface area (TPSA) is 55.1 Å². The van der Waals surface area contributed by atoms with Gasteiger partial charge in [0, 0.05) is 5.92 Å². The fourth-order valence-corrected chi connectivity index (χ4v) is 3.04. The summed E-state index contributed by atoms with van der Waals surface area (Å²) in [5, 5.41) is 16.7. The van der Waals surface area contributed by atoms with Gasteiger partial charge in [-0.3, -0.25) is 0 Å². The first-order chi connectivity index (χ1) is 11.1. The van der Waals surface area contributed by atoms with Gasteiger partial charge in [0.25, 0.3) is 0 Å². The van der Waals surface area contributed by atoms with Crippen LogP contribution in [-0.2, 0) is 0 Å². The summed E-state index contributed by atoms with van der Waals surface area (Å²) >= 11 is 0. The maximum absolute atomic E-state index is 4.69. The Morgan fingerprint density at radius 2 is 1.83 bits per heavy atom. The summed E-state index contributed by atoms with van der Waals surface area (Å²) in [5.41, 5.74) is 4.66. The second-order valence-corrected chi connectivity index (χ2v) is 6.61. The molecule has 5 nitrogen and oxygen atoms in total. The van der Waals surface area contributed by atoms with Crippen molar-refractivity contribution in [2.75, 3.05) is 5.32 Å². The van der Waals surface area contributed by atoms with Gasteiger partial charge in [0.1, 0.15) is 5.82 Å². The first kappa shape index (κ1) is 14.2. The van der Waals surface area contributed by atoms with Crippen LogP contribution in [0, 0.1) is 13.8 Å². The van der Waals surface area contributed by atoms with Gasteiger partial charge in [-0.25, -0.2) is 0 Å². The molecule has 4 rings (SSSR count). The average molecular weight is 307 g/mol. The van der Waals surface area contributed by atoms with Crippen molar-refractivity contribution in [2.45, 2.75) is 45.6 Å². The number of nitrogens with zero attached hydrogens (tertiary/aromatic N) is 4. The lowest BCUT2D eigenvalue weighted by atomic mass is 10.0. The van der Waals surface area contributed by atoms with Crippen molar-refractivity contribution in [3.8, 4) is 0 Å². The van der Waals surface area contributed by atoms with Crippen LogP contribution in [-0.4, -0.2) is 19.8 Å². The Labute approximate surface area is 135 Å². The Morgan fingerprint density at radius 1 is 1.09 bits per heavy atom. The molecule has 23 heavy (non-hydrogen) atoms. The Balaban J connectivity index is 1.62. The van der Waals surface area contributed by atoms with Crippen LogP contribution in [0.25, 0.3) is 5.65 Å². The van der Waals surface area contributed by atoms with Crippen LogP contribution in [0.3, 0.4) is 0 Å². The van der Waals surface area contributed by atoms with E-state index in [1.54, 1.807) is 0 Å². The minimum Gasteiger partial charge on any atom is -0.362 e. The van der Waals surface area contributed by atoms with E-state index >= 15 is 0 Å². The molecule has 1 aliphatic carbocycles. The van der Waals surface area contributed by atoms with Crippen molar-refractivity contribution in [3.63, 3.8) is 0 Å². The second kappa shape index (κ2) is 5.33. The van der Waals surface area contributed by atoms with Gasteiger partial charge in [-0.2, -0.15) is 4.52 Å². The van der Waals surface area contributed by atoms with Crippen molar-refractivity contribution < 1.29 is 0 Å².